The summed E-state index contributed by atoms with van der Waals surface area (Å²) in [6.07, 6.45) is 7.30. The van der Waals surface area contributed by atoms with Crippen molar-refractivity contribution >= 4 is 33.3 Å². The van der Waals surface area contributed by atoms with Gasteiger partial charge in [0, 0.05) is 35.1 Å². The SMILES string of the molecule is c1cncc(-c2ccc3[nH]nc(-c4nc5c(-c6ccsc6)cncc5[nH]4)c3c2)c1. The fourth-order valence-corrected chi connectivity index (χ4v) is 4.24. The van der Waals surface area contributed by atoms with Gasteiger partial charge >= 0.3 is 0 Å². The molecule has 6 rings (SSSR count). The molecule has 29 heavy (non-hydrogen) atoms. The van der Waals surface area contributed by atoms with Gasteiger partial charge < -0.3 is 4.98 Å². The molecule has 0 unspecified atom stereocenters. The van der Waals surface area contributed by atoms with Crippen LogP contribution in [-0.2, 0) is 0 Å². The van der Waals surface area contributed by atoms with Crippen molar-refractivity contribution in [2.45, 2.75) is 0 Å². The van der Waals surface area contributed by atoms with Gasteiger partial charge in [0.2, 0.25) is 0 Å². The van der Waals surface area contributed by atoms with Crippen molar-refractivity contribution in [3.63, 3.8) is 0 Å². The average molecular weight is 394 g/mol. The molecule has 0 atom stereocenters. The van der Waals surface area contributed by atoms with Crippen LogP contribution in [0, 0.1) is 0 Å². The van der Waals surface area contributed by atoms with Crippen LogP contribution >= 0.6 is 11.3 Å². The zero-order valence-electron chi connectivity index (χ0n) is 15.1. The summed E-state index contributed by atoms with van der Waals surface area (Å²) < 4.78 is 0. The lowest BCUT2D eigenvalue weighted by Gasteiger charge is -2.01. The summed E-state index contributed by atoms with van der Waals surface area (Å²) in [7, 11) is 0. The molecule has 0 saturated heterocycles. The lowest BCUT2D eigenvalue weighted by molar-refractivity contribution is 1.11. The van der Waals surface area contributed by atoms with E-state index in [4.69, 9.17) is 4.98 Å². The number of pyridine rings is 2. The molecule has 0 spiro atoms. The van der Waals surface area contributed by atoms with E-state index in [0.717, 1.165) is 55.7 Å². The standard InChI is InChI=1S/C22H14N6S/c1-2-14(9-23-6-1)13-3-4-18-16(8-13)21(28-27-18)22-25-19-11-24-10-17(20(19)26-22)15-5-7-29-12-15/h1-12H,(H,25,26)(H,27,28). The average Bonchev–Trinajstić information content (AvgIpc) is 3.52. The van der Waals surface area contributed by atoms with Crippen LogP contribution in [0.25, 0.3) is 55.7 Å². The molecule has 5 aromatic heterocycles. The molecule has 0 bridgehead atoms. The quantitative estimate of drug-likeness (QED) is 0.427. The molecule has 1 aromatic carbocycles. The van der Waals surface area contributed by atoms with Gasteiger partial charge in [0.25, 0.3) is 0 Å². The fourth-order valence-electron chi connectivity index (χ4n) is 3.58. The highest BCUT2D eigenvalue weighted by molar-refractivity contribution is 7.08. The van der Waals surface area contributed by atoms with Crippen molar-refractivity contribution in [1.29, 1.82) is 0 Å². The Labute approximate surface area is 169 Å². The van der Waals surface area contributed by atoms with Crippen molar-refractivity contribution in [2.24, 2.45) is 0 Å². The number of H-pyrrole nitrogens is 2. The largest absolute Gasteiger partial charge is 0.335 e. The zero-order valence-corrected chi connectivity index (χ0v) is 15.9. The molecule has 6 nitrogen and oxygen atoms in total. The number of thiophene rings is 1. The fraction of sp³-hybridized carbons (Fsp3) is 0. The van der Waals surface area contributed by atoms with E-state index < -0.39 is 0 Å². The number of aromatic amines is 2. The molecule has 5 heterocycles. The Bertz CT molecular complexity index is 1450. The van der Waals surface area contributed by atoms with Crippen molar-refractivity contribution in [1.82, 2.24) is 30.1 Å². The van der Waals surface area contributed by atoms with Gasteiger partial charge in [-0.25, -0.2) is 4.98 Å². The number of imidazole rings is 1. The first-order valence-electron chi connectivity index (χ1n) is 9.12. The molecular weight excluding hydrogens is 380 g/mol. The van der Waals surface area contributed by atoms with Crippen LogP contribution in [0.4, 0.5) is 0 Å². The van der Waals surface area contributed by atoms with Gasteiger partial charge in [0.1, 0.15) is 11.2 Å². The Balaban J connectivity index is 1.53. The predicted molar refractivity (Wildman–Crippen MR) is 116 cm³/mol. The Morgan fingerprint density at radius 2 is 1.86 bits per heavy atom. The number of rotatable bonds is 3. The Hall–Kier alpha value is -3.84. The molecule has 0 fully saturated rings. The first-order valence-corrected chi connectivity index (χ1v) is 10.1. The van der Waals surface area contributed by atoms with E-state index in [-0.39, 0.29) is 0 Å². The third-order valence-electron chi connectivity index (χ3n) is 5.01. The molecule has 7 heteroatoms. The van der Waals surface area contributed by atoms with Crippen molar-refractivity contribution < 1.29 is 0 Å². The summed E-state index contributed by atoms with van der Waals surface area (Å²) in [5.74, 6) is 0.721. The summed E-state index contributed by atoms with van der Waals surface area (Å²) in [5.41, 5.74) is 7.83. The summed E-state index contributed by atoms with van der Waals surface area (Å²) >= 11 is 1.66. The normalized spacial score (nSPS) is 11.4. The third-order valence-corrected chi connectivity index (χ3v) is 5.69. The summed E-state index contributed by atoms with van der Waals surface area (Å²) in [6.45, 7) is 0. The van der Waals surface area contributed by atoms with E-state index in [0.29, 0.717) is 0 Å². The number of nitrogens with one attached hydrogen (secondary N) is 2. The van der Waals surface area contributed by atoms with Gasteiger partial charge in [0.15, 0.2) is 5.82 Å². The monoisotopic (exact) mass is 394 g/mol. The van der Waals surface area contributed by atoms with E-state index in [1.165, 1.54) is 0 Å². The summed E-state index contributed by atoms with van der Waals surface area (Å²) in [5, 5.41) is 12.8. The van der Waals surface area contributed by atoms with Gasteiger partial charge in [-0.15, -0.1) is 0 Å². The van der Waals surface area contributed by atoms with E-state index in [1.54, 1.807) is 23.7 Å². The van der Waals surface area contributed by atoms with Crippen LogP contribution in [0.15, 0.2) is 71.9 Å². The summed E-state index contributed by atoms with van der Waals surface area (Å²) in [6, 6.07) is 12.3. The number of hydrogen-bond acceptors (Lipinski definition) is 5. The maximum Gasteiger partial charge on any atom is 0.159 e. The number of benzene rings is 1. The molecule has 2 N–H and O–H groups in total. The minimum absolute atomic E-state index is 0.721. The van der Waals surface area contributed by atoms with Crippen LogP contribution in [0.5, 0.6) is 0 Å². The number of hydrogen-bond donors (Lipinski definition) is 2. The number of nitrogens with zero attached hydrogens (tertiary/aromatic N) is 4. The maximum absolute atomic E-state index is 4.88. The Morgan fingerprint density at radius 1 is 0.862 bits per heavy atom. The van der Waals surface area contributed by atoms with Crippen molar-refractivity contribution in [3.8, 4) is 33.8 Å². The van der Waals surface area contributed by atoms with E-state index >= 15 is 0 Å². The first kappa shape index (κ1) is 16.1. The minimum Gasteiger partial charge on any atom is -0.335 e. The maximum atomic E-state index is 4.88. The minimum atomic E-state index is 0.721. The highest BCUT2D eigenvalue weighted by Gasteiger charge is 2.16. The lowest BCUT2D eigenvalue weighted by atomic mass is 10.0. The van der Waals surface area contributed by atoms with Gasteiger partial charge in [-0.1, -0.05) is 12.1 Å². The second kappa shape index (κ2) is 6.35. The molecule has 0 radical (unpaired) electrons. The Kier molecular flexibility index (Phi) is 3.54. The molecule has 0 amide bonds. The van der Waals surface area contributed by atoms with Crippen molar-refractivity contribution in [3.05, 3.63) is 71.9 Å². The molecule has 0 aliphatic heterocycles. The topological polar surface area (TPSA) is 83.1 Å². The molecule has 6 aromatic rings. The molecular formula is C22H14N6S. The zero-order chi connectivity index (χ0) is 19.2. The second-order valence-electron chi connectivity index (χ2n) is 6.75. The molecule has 0 saturated carbocycles. The van der Waals surface area contributed by atoms with Crippen LogP contribution in [0.2, 0.25) is 0 Å². The molecule has 138 valence electrons. The predicted octanol–water partition coefficient (Wildman–Crippen LogP) is 5.29. The van der Waals surface area contributed by atoms with Gasteiger partial charge in [-0.2, -0.15) is 16.4 Å². The van der Waals surface area contributed by atoms with Gasteiger partial charge in [0.05, 0.1) is 17.2 Å². The summed E-state index contributed by atoms with van der Waals surface area (Å²) in [4.78, 5) is 16.9. The number of aromatic nitrogens is 6. The van der Waals surface area contributed by atoms with Crippen LogP contribution < -0.4 is 0 Å². The van der Waals surface area contributed by atoms with E-state index in [2.05, 4.69) is 54.1 Å². The highest BCUT2D eigenvalue weighted by atomic mass is 32.1. The van der Waals surface area contributed by atoms with Gasteiger partial charge in [-0.05, 0) is 46.2 Å². The van der Waals surface area contributed by atoms with E-state index in [9.17, 15) is 0 Å². The highest BCUT2D eigenvalue weighted by Crippen LogP contribution is 2.33. The first-order chi connectivity index (χ1) is 14.4. The Morgan fingerprint density at radius 3 is 2.72 bits per heavy atom. The van der Waals surface area contributed by atoms with Crippen LogP contribution in [0.1, 0.15) is 0 Å². The third kappa shape index (κ3) is 2.63. The lowest BCUT2D eigenvalue weighted by Crippen LogP contribution is -1.83. The van der Waals surface area contributed by atoms with Crippen molar-refractivity contribution in [2.75, 3.05) is 0 Å². The van der Waals surface area contributed by atoms with Gasteiger partial charge in [-0.3, -0.25) is 15.1 Å². The second-order valence-corrected chi connectivity index (χ2v) is 7.53. The molecule has 0 aliphatic carbocycles. The molecule has 0 aliphatic rings. The number of fused-ring (bicyclic) bond motifs is 2. The van der Waals surface area contributed by atoms with Crippen LogP contribution in [-0.4, -0.2) is 30.1 Å². The van der Waals surface area contributed by atoms with Crippen LogP contribution in [0.3, 0.4) is 0 Å². The smallest absolute Gasteiger partial charge is 0.159 e. The van der Waals surface area contributed by atoms with E-state index in [1.807, 2.05) is 30.6 Å².